The second-order valence-electron chi connectivity index (χ2n) is 5.37. The van der Waals surface area contributed by atoms with E-state index >= 15 is 0 Å². The van der Waals surface area contributed by atoms with Gasteiger partial charge in [0.2, 0.25) is 5.91 Å². The molecule has 3 saturated carbocycles. The van der Waals surface area contributed by atoms with Crippen LogP contribution < -0.4 is 5.32 Å². The van der Waals surface area contributed by atoms with E-state index in [0.717, 1.165) is 12.3 Å². The molecule has 0 aromatic carbocycles. The summed E-state index contributed by atoms with van der Waals surface area (Å²) in [7, 11) is 0. The zero-order valence-corrected chi connectivity index (χ0v) is 9.26. The van der Waals surface area contributed by atoms with Crippen molar-refractivity contribution in [1.29, 1.82) is 0 Å². The van der Waals surface area contributed by atoms with Gasteiger partial charge in [0, 0.05) is 6.92 Å². The molecule has 3 aliphatic carbocycles. The van der Waals surface area contributed by atoms with Crippen molar-refractivity contribution in [3.63, 3.8) is 0 Å². The Labute approximate surface area is 85.8 Å². The smallest absolute Gasteiger partial charge is 0.217 e. The molecular weight excluding hydrogens is 174 g/mol. The first-order chi connectivity index (χ1) is 6.43. The molecule has 78 valence electrons. The van der Waals surface area contributed by atoms with Crippen LogP contribution in [0.15, 0.2) is 12.2 Å². The quantitative estimate of drug-likeness (QED) is 0.635. The van der Waals surface area contributed by atoms with E-state index in [-0.39, 0.29) is 11.9 Å². The molecule has 0 aromatic rings. The lowest BCUT2D eigenvalue weighted by atomic mass is 9.46. The molecule has 2 bridgehead atoms. The summed E-state index contributed by atoms with van der Waals surface area (Å²) in [6.07, 6.45) is 2.36. The van der Waals surface area contributed by atoms with Crippen LogP contribution in [0, 0.1) is 17.3 Å². The molecule has 3 fully saturated rings. The molecule has 3 unspecified atom stereocenters. The van der Waals surface area contributed by atoms with Crippen LogP contribution in [0.1, 0.15) is 33.6 Å². The van der Waals surface area contributed by atoms with Gasteiger partial charge in [-0.2, -0.15) is 0 Å². The van der Waals surface area contributed by atoms with Gasteiger partial charge in [-0.15, -0.1) is 0 Å². The maximum Gasteiger partial charge on any atom is 0.217 e. The van der Waals surface area contributed by atoms with Crippen LogP contribution in [0.5, 0.6) is 0 Å². The van der Waals surface area contributed by atoms with Crippen molar-refractivity contribution >= 4 is 5.91 Å². The molecule has 3 atom stereocenters. The molecule has 0 aromatic heterocycles. The Bertz CT molecular complexity index is 293. The summed E-state index contributed by atoms with van der Waals surface area (Å²) in [5.41, 5.74) is 1.67. The zero-order chi connectivity index (χ0) is 10.5. The molecular formula is C12H19NO. The number of hydrogen-bond acceptors (Lipinski definition) is 1. The summed E-state index contributed by atoms with van der Waals surface area (Å²) in [6, 6.07) is 0.240. The van der Waals surface area contributed by atoms with Crippen molar-refractivity contribution in [2.45, 2.75) is 39.7 Å². The summed E-state index contributed by atoms with van der Waals surface area (Å²) in [5, 5.41) is 2.99. The van der Waals surface area contributed by atoms with Gasteiger partial charge < -0.3 is 5.32 Å². The zero-order valence-electron chi connectivity index (χ0n) is 9.26. The average molecular weight is 193 g/mol. The summed E-state index contributed by atoms with van der Waals surface area (Å²) in [5.74, 6) is 1.46. The van der Waals surface area contributed by atoms with E-state index < -0.39 is 0 Å². The SMILES string of the molecule is C=C1C(NC(C)=O)CC2CC1C2(C)C. The van der Waals surface area contributed by atoms with Crippen molar-refractivity contribution in [2.24, 2.45) is 17.3 Å². The van der Waals surface area contributed by atoms with Gasteiger partial charge in [0.1, 0.15) is 0 Å². The summed E-state index contributed by atoms with van der Waals surface area (Å²) in [6.45, 7) is 10.4. The molecule has 3 rings (SSSR count). The van der Waals surface area contributed by atoms with Gasteiger partial charge in [-0.1, -0.05) is 26.0 Å². The molecule has 14 heavy (non-hydrogen) atoms. The van der Waals surface area contributed by atoms with E-state index in [1.54, 1.807) is 6.92 Å². The third-order valence-corrected chi connectivity index (χ3v) is 4.26. The van der Waals surface area contributed by atoms with Gasteiger partial charge in [-0.3, -0.25) is 4.79 Å². The highest BCUT2D eigenvalue weighted by Crippen LogP contribution is 2.60. The lowest BCUT2D eigenvalue weighted by molar-refractivity contribution is -0.121. The highest BCUT2D eigenvalue weighted by atomic mass is 16.1. The molecule has 0 radical (unpaired) electrons. The van der Waals surface area contributed by atoms with Crippen molar-refractivity contribution in [2.75, 3.05) is 0 Å². The Morgan fingerprint density at radius 1 is 1.50 bits per heavy atom. The van der Waals surface area contributed by atoms with Gasteiger partial charge >= 0.3 is 0 Å². The molecule has 0 saturated heterocycles. The third kappa shape index (κ3) is 1.20. The summed E-state index contributed by atoms with van der Waals surface area (Å²) >= 11 is 0. The van der Waals surface area contributed by atoms with E-state index in [0.29, 0.717) is 11.3 Å². The van der Waals surface area contributed by atoms with Crippen LogP contribution >= 0.6 is 0 Å². The van der Waals surface area contributed by atoms with Crippen molar-refractivity contribution < 1.29 is 4.79 Å². The van der Waals surface area contributed by atoms with Crippen LogP contribution in [0.4, 0.5) is 0 Å². The molecule has 0 spiro atoms. The summed E-state index contributed by atoms with van der Waals surface area (Å²) < 4.78 is 0. The number of carbonyl (C=O) groups is 1. The van der Waals surface area contributed by atoms with E-state index in [4.69, 9.17) is 0 Å². The largest absolute Gasteiger partial charge is 0.350 e. The van der Waals surface area contributed by atoms with Crippen molar-refractivity contribution in [3.8, 4) is 0 Å². The molecule has 0 aliphatic heterocycles. The molecule has 2 heteroatoms. The minimum atomic E-state index is 0.0651. The van der Waals surface area contributed by atoms with Gasteiger partial charge in [0.25, 0.3) is 0 Å². The second kappa shape index (κ2) is 2.85. The molecule has 1 N–H and O–H groups in total. The minimum Gasteiger partial charge on any atom is -0.350 e. The normalized spacial score (nSPS) is 38.8. The average Bonchev–Trinajstić information content (AvgIpc) is 2.06. The van der Waals surface area contributed by atoms with Gasteiger partial charge in [0.15, 0.2) is 0 Å². The number of rotatable bonds is 1. The molecule has 2 nitrogen and oxygen atoms in total. The Kier molecular flexibility index (Phi) is 1.98. The number of carbonyl (C=O) groups excluding carboxylic acids is 1. The van der Waals surface area contributed by atoms with Crippen LogP contribution in [-0.4, -0.2) is 11.9 Å². The lowest BCUT2D eigenvalue weighted by Gasteiger charge is -2.60. The molecule has 0 heterocycles. The van der Waals surface area contributed by atoms with Gasteiger partial charge in [-0.05, 0) is 30.1 Å². The van der Waals surface area contributed by atoms with E-state index in [9.17, 15) is 4.79 Å². The summed E-state index contributed by atoms with van der Waals surface area (Å²) in [4.78, 5) is 11.0. The minimum absolute atomic E-state index is 0.0651. The number of nitrogens with one attached hydrogen (secondary N) is 1. The van der Waals surface area contributed by atoms with Crippen LogP contribution in [0.3, 0.4) is 0 Å². The fraction of sp³-hybridized carbons (Fsp3) is 0.750. The predicted molar refractivity (Wildman–Crippen MR) is 56.7 cm³/mol. The first kappa shape index (κ1) is 9.75. The van der Waals surface area contributed by atoms with E-state index in [1.807, 2.05) is 0 Å². The lowest BCUT2D eigenvalue weighted by Crippen LogP contribution is -2.57. The number of hydrogen-bond donors (Lipinski definition) is 1. The van der Waals surface area contributed by atoms with Crippen LogP contribution in [-0.2, 0) is 4.79 Å². The van der Waals surface area contributed by atoms with Gasteiger partial charge in [-0.25, -0.2) is 0 Å². The standard InChI is InChI=1S/C12H19NO/c1-7-10-5-9(12(10,3)4)6-11(7)13-8(2)14/h9-11H,1,5-6H2,2-4H3,(H,13,14). The molecule has 1 amide bonds. The topological polar surface area (TPSA) is 29.1 Å². The van der Waals surface area contributed by atoms with Crippen LogP contribution in [0.2, 0.25) is 0 Å². The fourth-order valence-electron chi connectivity index (χ4n) is 3.12. The number of amides is 1. The van der Waals surface area contributed by atoms with Crippen molar-refractivity contribution in [1.82, 2.24) is 5.32 Å². The molecule has 3 aliphatic rings. The van der Waals surface area contributed by atoms with E-state index in [2.05, 4.69) is 25.7 Å². The monoisotopic (exact) mass is 193 g/mol. The van der Waals surface area contributed by atoms with Crippen LogP contribution in [0.25, 0.3) is 0 Å². The Morgan fingerprint density at radius 3 is 2.57 bits per heavy atom. The fourth-order valence-corrected chi connectivity index (χ4v) is 3.12. The van der Waals surface area contributed by atoms with Gasteiger partial charge in [0.05, 0.1) is 6.04 Å². The Balaban J connectivity index is 2.08. The highest BCUT2D eigenvalue weighted by molar-refractivity contribution is 5.73. The Hall–Kier alpha value is -0.790. The van der Waals surface area contributed by atoms with E-state index in [1.165, 1.54) is 12.0 Å². The van der Waals surface area contributed by atoms with Crippen molar-refractivity contribution in [3.05, 3.63) is 12.2 Å². The highest BCUT2D eigenvalue weighted by Gasteiger charge is 2.54. The maximum absolute atomic E-state index is 11.0. The third-order valence-electron chi connectivity index (χ3n) is 4.26. The second-order valence-corrected chi connectivity index (χ2v) is 5.37. The predicted octanol–water partition coefficient (Wildman–Crippen LogP) is 2.11. The Morgan fingerprint density at radius 2 is 2.14 bits per heavy atom. The first-order valence-corrected chi connectivity index (χ1v) is 5.38. The first-order valence-electron chi connectivity index (χ1n) is 5.38. The maximum atomic E-state index is 11.0. The number of fused-ring (bicyclic) bond motifs is 2.